The summed E-state index contributed by atoms with van der Waals surface area (Å²) in [4.78, 5) is 16.3. The van der Waals surface area contributed by atoms with Gasteiger partial charge < -0.3 is 10.2 Å². The second-order valence-corrected chi connectivity index (χ2v) is 8.13. The summed E-state index contributed by atoms with van der Waals surface area (Å²) in [6, 6.07) is 16.4. The highest BCUT2D eigenvalue weighted by molar-refractivity contribution is 7.08. The second kappa shape index (κ2) is 8.09. The lowest BCUT2D eigenvalue weighted by atomic mass is 10.0. The van der Waals surface area contributed by atoms with Crippen LogP contribution in [0.5, 0.6) is 0 Å². The third kappa shape index (κ3) is 3.70. The van der Waals surface area contributed by atoms with Crippen molar-refractivity contribution < 1.29 is 0 Å². The summed E-state index contributed by atoms with van der Waals surface area (Å²) in [5.41, 5.74) is 2.60. The Kier molecular flexibility index (Phi) is 4.99. The number of pyridine rings is 1. The smallest absolute Gasteiger partial charge is 0.162 e. The monoisotopic (exact) mass is 412 g/mol. The number of hydrogen-bond donors (Lipinski definition) is 1. The maximum absolute atomic E-state index is 8.95. The lowest BCUT2D eigenvalue weighted by molar-refractivity contribution is 0.523. The van der Waals surface area contributed by atoms with E-state index in [-0.39, 0.29) is 0 Å². The predicted octanol–water partition coefficient (Wildman–Crippen LogP) is 4.71. The average Bonchev–Trinajstić information content (AvgIpc) is 3.35. The number of hydrogen-bond acceptors (Lipinski definition) is 7. The Balaban J connectivity index is 1.34. The number of anilines is 2. The fourth-order valence-corrected chi connectivity index (χ4v) is 4.43. The molecule has 1 saturated heterocycles. The molecule has 1 aliphatic rings. The van der Waals surface area contributed by atoms with Gasteiger partial charge in [-0.25, -0.2) is 15.0 Å². The maximum Gasteiger partial charge on any atom is 0.162 e. The van der Waals surface area contributed by atoms with E-state index in [1.807, 2.05) is 35.7 Å². The topological polar surface area (TPSA) is 77.7 Å². The van der Waals surface area contributed by atoms with Crippen LogP contribution in [0.1, 0.15) is 18.4 Å². The van der Waals surface area contributed by atoms with Gasteiger partial charge in [0.05, 0.1) is 11.1 Å². The van der Waals surface area contributed by atoms with E-state index in [9.17, 15) is 0 Å². The quantitative estimate of drug-likeness (QED) is 0.523. The van der Waals surface area contributed by atoms with Crippen LogP contribution in [0.2, 0.25) is 0 Å². The lowest BCUT2D eigenvalue weighted by Gasteiger charge is -2.33. The van der Waals surface area contributed by atoms with Crippen LogP contribution in [-0.2, 0) is 0 Å². The highest BCUT2D eigenvalue weighted by Gasteiger charge is 2.21. The Morgan fingerprint density at radius 2 is 1.93 bits per heavy atom. The molecule has 1 aromatic carbocycles. The number of rotatable bonds is 4. The molecule has 0 bridgehead atoms. The molecular weight excluding hydrogens is 392 g/mol. The van der Waals surface area contributed by atoms with Gasteiger partial charge in [-0.2, -0.15) is 16.6 Å². The van der Waals surface area contributed by atoms with Crippen LogP contribution in [0.4, 0.5) is 11.6 Å². The minimum Gasteiger partial charge on any atom is -0.367 e. The van der Waals surface area contributed by atoms with E-state index in [1.54, 1.807) is 17.5 Å². The van der Waals surface area contributed by atoms with Crippen LogP contribution in [-0.4, -0.2) is 34.1 Å². The van der Waals surface area contributed by atoms with Gasteiger partial charge in [0.1, 0.15) is 17.7 Å². The van der Waals surface area contributed by atoms with Crippen molar-refractivity contribution in [1.29, 1.82) is 5.26 Å². The fraction of sp³-hybridized carbons (Fsp3) is 0.217. The molecule has 7 heteroatoms. The van der Waals surface area contributed by atoms with Crippen LogP contribution in [0.25, 0.3) is 22.3 Å². The van der Waals surface area contributed by atoms with Gasteiger partial charge in [0, 0.05) is 41.7 Å². The summed E-state index contributed by atoms with van der Waals surface area (Å²) >= 11 is 1.65. The molecule has 6 nitrogen and oxygen atoms in total. The van der Waals surface area contributed by atoms with E-state index in [4.69, 9.17) is 15.2 Å². The molecule has 0 aliphatic carbocycles. The van der Waals surface area contributed by atoms with E-state index in [0.29, 0.717) is 11.6 Å². The van der Waals surface area contributed by atoms with E-state index in [0.717, 1.165) is 59.9 Å². The number of para-hydroxylation sites is 1. The van der Waals surface area contributed by atoms with Crippen molar-refractivity contribution in [2.45, 2.75) is 18.9 Å². The number of benzene rings is 1. The molecule has 4 aromatic rings. The SMILES string of the molecule is N#Cc1ccc(N2CCC(Nc3nc(-c4ccsc4)nc4ccccc34)CC2)nc1. The number of nitrogens with zero attached hydrogens (tertiary/aromatic N) is 5. The van der Waals surface area contributed by atoms with E-state index in [2.05, 4.69) is 38.8 Å². The second-order valence-electron chi connectivity index (χ2n) is 7.35. The van der Waals surface area contributed by atoms with Crippen molar-refractivity contribution >= 4 is 33.9 Å². The van der Waals surface area contributed by atoms with Crippen LogP contribution in [0.15, 0.2) is 59.4 Å². The molecule has 30 heavy (non-hydrogen) atoms. The number of nitrogens with one attached hydrogen (secondary N) is 1. The van der Waals surface area contributed by atoms with Crippen molar-refractivity contribution in [1.82, 2.24) is 15.0 Å². The van der Waals surface area contributed by atoms with Crippen molar-refractivity contribution in [3.05, 3.63) is 65.0 Å². The Bertz CT molecular complexity index is 1190. The first-order valence-corrected chi connectivity index (χ1v) is 10.9. The van der Waals surface area contributed by atoms with Crippen LogP contribution < -0.4 is 10.2 Å². The van der Waals surface area contributed by atoms with Gasteiger partial charge in [0.2, 0.25) is 0 Å². The largest absolute Gasteiger partial charge is 0.367 e. The molecule has 1 aliphatic heterocycles. The lowest BCUT2D eigenvalue weighted by Crippen LogP contribution is -2.39. The van der Waals surface area contributed by atoms with Crippen LogP contribution in [0, 0.1) is 11.3 Å². The molecule has 0 spiro atoms. The van der Waals surface area contributed by atoms with Crippen molar-refractivity contribution in [2.75, 3.05) is 23.3 Å². The zero-order chi connectivity index (χ0) is 20.3. The van der Waals surface area contributed by atoms with Gasteiger partial charge in [-0.15, -0.1) is 0 Å². The van der Waals surface area contributed by atoms with Crippen LogP contribution >= 0.6 is 11.3 Å². The molecule has 1 fully saturated rings. The van der Waals surface area contributed by atoms with Gasteiger partial charge in [-0.05, 0) is 48.6 Å². The van der Waals surface area contributed by atoms with Crippen molar-refractivity contribution in [3.8, 4) is 17.5 Å². The Morgan fingerprint density at radius 3 is 2.67 bits per heavy atom. The van der Waals surface area contributed by atoms with Gasteiger partial charge in [-0.1, -0.05) is 12.1 Å². The predicted molar refractivity (Wildman–Crippen MR) is 121 cm³/mol. The minimum atomic E-state index is 0.341. The highest BCUT2D eigenvalue weighted by atomic mass is 32.1. The summed E-state index contributed by atoms with van der Waals surface area (Å²) in [6.07, 6.45) is 3.63. The molecule has 0 radical (unpaired) electrons. The van der Waals surface area contributed by atoms with Gasteiger partial charge in [0.25, 0.3) is 0 Å². The number of aromatic nitrogens is 3. The zero-order valence-electron chi connectivity index (χ0n) is 16.3. The molecule has 0 unspecified atom stereocenters. The number of piperidine rings is 1. The number of fused-ring (bicyclic) bond motifs is 1. The first-order chi connectivity index (χ1) is 14.8. The standard InChI is InChI=1S/C23H20N6S/c24-13-16-5-6-21(25-14-16)29-10-7-18(8-11-29)26-23-19-3-1-2-4-20(19)27-22(28-23)17-9-12-30-15-17/h1-6,9,12,14-15,18H,7-8,10-11H2,(H,26,27,28). The van der Waals surface area contributed by atoms with Crippen molar-refractivity contribution in [2.24, 2.45) is 0 Å². The highest BCUT2D eigenvalue weighted by Crippen LogP contribution is 2.28. The number of nitriles is 1. The molecule has 0 amide bonds. The minimum absolute atomic E-state index is 0.341. The summed E-state index contributed by atoms with van der Waals surface area (Å²) < 4.78 is 0. The molecule has 148 valence electrons. The molecule has 0 saturated carbocycles. The summed E-state index contributed by atoms with van der Waals surface area (Å²) in [6.45, 7) is 1.83. The molecular formula is C23H20N6S. The number of thiophene rings is 1. The maximum atomic E-state index is 8.95. The Morgan fingerprint density at radius 1 is 1.07 bits per heavy atom. The van der Waals surface area contributed by atoms with E-state index < -0.39 is 0 Å². The third-order valence-electron chi connectivity index (χ3n) is 5.42. The summed E-state index contributed by atoms with van der Waals surface area (Å²) in [5.74, 6) is 2.59. The van der Waals surface area contributed by atoms with E-state index in [1.165, 1.54) is 0 Å². The van der Waals surface area contributed by atoms with E-state index >= 15 is 0 Å². The molecule has 0 atom stereocenters. The van der Waals surface area contributed by atoms with Crippen LogP contribution in [0.3, 0.4) is 0 Å². The van der Waals surface area contributed by atoms with Gasteiger partial charge in [-0.3, -0.25) is 0 Å². The Labute approximate surface area is 178 Å². The molecule has 1 N–H and O–H groups in total. The fourth-order valence-electron chi connectivity index (χ4n) is 3.79. The summed E-state index contributed by atoms with van der Waals surface area (Å²) in [7, 11) is 0. The zero-order valence-corrected chi connectivity index (χ0v) is 17.1. The van der Waals surface area contributed by atoms with Gasteiger partial charge >= 0.3 is 0 Å². The molecule has 5 rings (SSSR count). The third-order valence-corrected chi connectivity index (χ3v) is 6.10. The normalized spacial score (nSPS) is 14.6. The summed E-state index contributed by atoms with van der Waals surface area (Å²) in [5, 5.41) is 17.8. The molecule has 3 aromatic heterocycles. The average molecular weight is 413 g/mol. The first-order valence-electron chi connectivity index (χ1n) is 9.97. The van der Waals surface area contributed by atoms with Crippen molar-refractivity contribution in [3.63, 3.8) is 0 Å². The Hall–Kier alpha value is -3.50. The molecule has 4 heterocycles. The van der Waals surface area contributed by atoms with Gasteiger partial charge in [0.15, 0.2) is 5.82 Å². The first kappa shape index (κ1) is 18.5.